The summed E-state index contributed by atoms with van der Waals surface area (Å²) in [5.74, 6) is -1.99. The Bertz CT molecular complexity index is 1240. The second-order valence-electron chi connectivity index (χ2n) is 8.11. The number of hydrogen-bond donors (Lipinski definition) is 3. The Morgan fingerprint density at radius 3 is 2.17 bits per heavy atom. The lowest BCUT2D eigenvalue weighted by Gasteiger charge is -2.12. The van der Waals surface area contributed by atoms with Crippen molar-refractivity contribution in [1.82, 2.24) is 4.98 Å². The van der Waals surface area contributed by atoms with Crippen LogP contribution in [0.2, 0.25) is 0 Å². The Labute approximate surface area is 196 Å². The van der Waals surface area contributed by atoms with Gasteiger partial charge in [-0.1, -0.05) is 12.1 Å². The molecule has 1 aliphatic rings. The molecule has 7 nitrogen and oxygen atoms in total. The SMILES string of the molecule is O=C(Nc1ccc(-c2ccc(OCC3(C(=O)O)CC3)nc2)cc1)Nc1ccc(F)c(C(F)(F)F)c1. The van der Waals surface area contributed by atoms with Crippen molar-refractivity contribution >= 4 is 23.4 Å². The molecule has 0 atom stereocenters. The van der Waals surface area contributed by atoms with E-state index in [1.165, 1.54) is 0 Å². The van der Waals surface area contributed by atoms with Gasteiger partial charge in [-0.2, -0.15) is 13.2 Å². The molecule has 2 amide bonds. The smallest absolute Gasteiger partial charge is 0.419 e. The number of hydrogen-bond acceptors (Lipinski definition) is 4. The first-order chi connectivity index (χ1) is 16.6. The number of alkyl halides is 3. The number of carboxylic acid groups (broad SMARTS) is 1. The number of amides is 2. The molecule has 1 heterocycles. The van der Waals surface area contributed by atoms with Gasteiger partial charge in [0.15, 0.2) is 0 Å². The van der Waals surface area contributed by atoms with Crippen molar-refractivity contribution in [3.63, 3.8) is 0 Å². The molecule has 35 heavy (non-hydrogen) atoms. The maximum Gasteiger partial charge on any atom is 0.419 e. The Balaban J connectivity index is 1.34. The van der Waals surface area contributed by atoms with Crippen LogP contribution in [0.15, 0.2) is 60.8 Å². The molecule has 0 unspecified atom stereocenters. The van der Waals surface area contributed by atoms with Gasteiger partial charge in [0.1, 0.15) is 17.8 Å². The Morgan fingerprint density at radius 1 is 0.971 bits per heavy atom. The molecule has 0 radical (unpaired) electrons. The fourth-order valence-electron chi connectivity index (χ4n) is 3.28. The number of rotatable bonds is 7. The standard InChI is InChI=1S/C24H19F4N3O4/c25-19-7-6-17(11-18(19)24(26,27)28)31-22(34)30-16-4-1-14(2-5-16)15-3-8-20(29-12-15)35-13-23(9-10-23)21(32)33/h1-8,11-12H,9-10,13H2,(H,32,33)(H2,30,31,34). The highest BCUT2D eigenvalue weighted by molar-refractivity contribution is 5.99. The van der Waals surface area contributed by atoms with E-state index in [0.29, 0.717) is 36.5 Å². The minimum atomic E-state index is -4.88. The van der Waals surface area contributed by atoms with E-state index < -0.39 is 35.0 Å². The van der Waals surface area contributed by atoms with Gasteiger partial charge in [-0.3, -0.25) is 4.79 Å². The van der Waals surface area contributed by atoms with Crippen molar-refractivity contribution in [3.8, 4) is 17.0 Å². The van der Waals surface area contributed by atoms with E-state index in [1.54, 1.807) is 42.6 Å². The van der Waals surface area contributed by atoms with Gasteiger partial charge in [-0.15, -0.1) is 0 Å². The highest BCUT2D eigenvalue weighted by Gasteiger charge is 2.51. The first kappa shape index (κ1) is 24.0. The second kappa shape index (κ2) is 9.24. The van der Waals surface area contributed by atoms with Crippen molar-refractivity contribution in [2.75, 3.05) is 17.2 Å². The molecule has 1 aliphatic carbocycles. The highest BCUT2D eigenvalue weighted by Crippen LogP contribution is 2.46. The number of ether oxygens (including phenoxy) is 1. The second-order valence-corrected chi connectivity index (χ2v) is 8.11. The number of carbonyl (C=O) groups excluding carboxylic acids is 1. The van der Waals surface area contributed by atoms with Gasteiger partial charge >= 0.3 is 18.2 Å². The van der Waals surface area contributed by atoms with Gasteiger partial charge in [0.2, 0.25) is 5.88 Å². The van der Waals surface area contributed by atoms with Crippen molar-refractivity contribution in [2.24, 2.45) is 5.41 Å². The number of aromatic nitrogens is 1. The number of urea groups is 1. The third kappa shape index (κ3) is 5.68. The van der Waals surface area contributed by atoms with Crippen LogP contribution in [-0.2, 0) is 11.0 Å². The molecule has 0 bridgehead atoms. The van der Waals surface area contributed by atoms with E-state index in [1.807, 2.05) is 0 Å². The predicted octanol–water partition coefficient (Wildman–Crippen LogP) is 5.79. The number of halogens is 4. The molecule has 1 fully saturated rings. The zero-order valence-corrected chi connectivity index (χ0v) is 18.0. The van der Waals surface area contributed by atoms with Gasteiger partial charge < -0.3 is 20.5 Å². The summed E-state index contributed by atoms with van der Waals surface area (Å²) in [6.45, 7) is 0.0621. The largest absolute Gasteiger partial charge is 0.481 e. The van der Waals surface area contributed by atoms with E-state index in [0.717, 1.165) is 17.2 Å². The maximum absolute atomic E-state index is 13.4. The molecule has 11 heteroatoms. The summed E-state index contributed by atoms with van der Waals surface area (Å²) in [6.07, 6.45) is -2.16. The third-order valence-corrected chi connectivity index (χ3v) is 5.55. The average molecular weight is 489 g/mol. The summed E-state index contributed by atoms with van der Waals surface area (Å²) in [6, 6.07) is 11.4. The molecule has 1 saturated carbocycles. The van der Waals surface area contributed by atoms with Crippen LogP contribution in [0, 0.1) is 11.2 Å². The van der Waals surface area contributed by atoms with Crippen LogP contribution in [-0.4, -0.2) is 28.7 Å². The van der Waals surface area contributed by atoms with Crippen LogP contribution in [0.5, 0.6) is 5.88 Å². The van der Waals surface area contributed by atoms with Crippen molar-refractivity contribution in [3.05, 3.63) is 72.2 Å². The molecule has 182 valence electrons. The van der Waals surface area contributed by atoms with Gasteiger partial charge in [0.25, 0.3) is 0 Å². The molecule has 0 aliphatic heterocycles. The highest BCUT2D eigenvalue weighted by atomic mass is 19.4. The minimum Gasteiger partial charge on any atom is -0.481 e. The summed E-state index contributed by atoms with van der Waals surface area (Å²) in [5, 5.41) is 13.9. The van der Waals surface area contributed by atoms with Gasteiger partial charge in [0, 0.05) is 29.2 Å². The summed E-state index contributed by atoms with van der Waals surface area (Å²) in [7, 11) is 0. The number of benzene rings is 2. The lowest BCUT2D eigenvalue weighted by molar-refractivity contribution is -0.144. The zero-order chi connectivity index (χ0) is 25.2. The average Bonchev–Trinajstić information content (AvgIpc) is 3.61. The monoisotopic (exact) mass is 489 g/mol. The minimum absolute atomic E-state index is 0.0621. The van der Waals surface area contributed by atoms with E-state index in [4.69, 9.17) is 4.74 Å². The van der Waals surface area contributed by atoms with Crippen LogP contribution in [0.1, 0.15) is 18.4 Å². The topological polar surface area (TPSA) is 101 Å². The lowest BCUT2D eigenvalue weighted by Crippen LogP contribution is -2.23. The molecule has 4 rings (SSSR count). The molecular formula is C24H19F4N3O4. The van der Waals surface area contributed by atoms with E-state index in [2.05, 4.69) is 15.6 Å². The van der Waals surface area contributed by atoms with E-state index in [9.17, 15) is 32.3 Å². The summed E-state index contributed by atoms with van der Waals surface area (Å²) in [5.41, 5.74) is -0.602. The Kier molecular flexibility index (Phi) is 6.33. The van der Waals surface area contributed by atoms with E-state index in [-0.39, 0.29) is 12.3 Å². The molecule has 2 aromatic carbocycles. The molecule has 3 aromatic rings. The molecule has 1 aromatic heterocycles. The van der Waals surface area contributed by atoms with Crippen molar-refractivity contribution in [1.29, 1.82) is 0 Å². The number of anilines is 2. The number of nitrogens with one attached hydrogen (secondary N) is 2. The number of nitrogens with zero attached hydrogens (tertiary/aromatic N) is 1. The number of carboxylic acids is 1. The predicted molar refractivity (Wildman–Crippen MR) is 119 cm³/mol. The fourth-order valence-corrected chi connectivity index (χ4v) is 3.28. The lowest BCUT2D eigenvalue weighted by atomic mass is 10.1. The number of aliphatic carboxylic acids is 1. The molecular weight excluding hydrogens is 470 g/mol. The first-order valence-electron chi connectivity index (χ1n) is 10.4. The van der Waals surface area contributed by atoms with Crippen molar-refractivity contribution < 1.29 is 37.0 Å². The van der Waals surface area contributed by atoms with Crippen LogP contribution in [0.25, 0.3) is 11.1 Å². The van der Waals surface area contributed by atoms with E-state index >= 15 is 0 Å². The summed E-state index contributed by atoms with van der Waals surface area (Å²) in [4.78, 5) is 27.5. The first-order valence-corrected chi connectivity index (χ1v) is 10.4. The fraction of sp³-hybridized carbons (Fsp3) is 0.208. The van der Waals surface area contributed by atoms with Crippen LogP contribution in [0.4, 0.5) is 33.7 Å². The third-order valence-electron chi connectivity index (χ3n) is 5.55. The van der Waals surface area contributed by atoms with Gasteiger partial charge in [-0.25, -0.2) is 14.2 Å². The van der Waals surface area contributed by atoms with Crippen LogP contribution in [0.3, 0.4) is 0 Å². The summed E-state index contributed by atoms with van der Waals surface area (Å²) >= 11 is 0. The number of carbonyl (C=O) groups is 2. The molecule has 0 spiro atoms. The Morgan fingerprint density at radius 2 is 1.60 bits per heavy atom. The normalized spacial score (nSPS) is 14.2. The van der Waals surface area contributed by atoms with Gasteiger partial charge in [-0.05, 0) is 54.8 Å². The Hall–Kier alpha value is -4.15. The van der Waals surface area contributed by atoms with Gasteiger partial charge in [0.05, 0.1) is 5.56 Å². The quantitative estimate of drug-likeness (QED) is 0.365. The molecule has 0 saturated heterocycles. The summed E-state index contributed by atoms with van der Waals surface area (Å²) < 4.78 is 57.4. The van der Waals surface area contributed by atoms with Crippen molar-refractivity contribution in [2.45, 2.75) is 19.0 Å². The zero-order valence-electron chi connectivity index (χ0n) is 18.0. The van der Waals surface area contributed by atoms with Crippen LogP contribution < -0.4 is 15.4 Å². The number of pyridine rings is 1. The molecule has 3 N–H and O–H groups in total. The van der Waals surface area contributed by atoms with Crippen LogP contribution >= 0.6 is 0 Å². The maximum atomic E-state index is 13.4.